The van der Waals surface area contributed by atoms with Crippen LogP contribution in [-0.4, -0.2) is 21.3 Å². The topological polar surface area (TPSA) is 42.7 Å². The van der Waals surface area contributed by atoms with Crippen molar-refractivity contribution in [2.24, 2.45) is 0 Å². The molecule has 3 aromatic rings. The van der Waals surface area contributed by atoms with Crippen molar-refractivity contribution in [2.45, 2.75) is 20.3 Å². The van der Waals surface area contributed by atoms with Gasteiger partial charge in [-0.3, -0.25) is 4.98 Å². The van der Waals surface area contributed by atoms with E-state index in [1.807, 2.05) is 10.9 Å². The van der Waals surface area contributed by atoms with E-state index in [9.17, 15) is 0 Å². The van der Waals surface area contributed by atoms with Gasteiger partial charge in [-0.05, 0) is 59.5 Å². The summed E-state index contributed by atoms with van der Waals surface area (Å²) in [6, 6.07) is 8.41. The molecule has 1 aromatic carbocycles. The maximum Gasteiger partial charge on any atom is 0.133 e. The van der Waals surface area contributed by atoms with Crippen LogP contribution in [0.2, 0.25) is 0 Å². The SMILES string of the molecule is Cc1cccc(-n2nc(-c3cncc(Br)c3)c3c2NCC3)c1C. The summed E-state index contributed by atoms with van der Waals surface area (Å²) in [7, 11) is 0. The molecule has 0 bridgehead atoms. The molecule has 0 unspecified atom stereocenters. The van der Waals surface area contributed by atoms with Crippen molar-refractivity contribution < 1.29 is 0 Å². The molecule has 116 valence electrons. The maximum absolute atomic E-state index is 4.91. The van der Waals surface area contributed by atoms with Crippen molar-refractivity contribution in [3.63, 3.8) is 0 Å². The van der Waals surface area contributed by atoms with E-state index in [1.165, 1.54) is 16.7 Å². The highest BCUT2D eigenvalue weighted by Gasteiger charge is 2.24. The van der Waals surface area contributed by atoms with Gasteiger partial charge in [0.2, 0.25) is 0 Å². The minimum atomic E-state index is 0.951. The number of aryl methyl sites for hydroxylation is 1. The molecule has 2 aromatic heterocycles. The minimum Gasteiger partial charge on any atom is -0.369 e. The highest BCUT2D eigenvalue weighted by Crippen LogP contribution is 2.35. The second-order valence-electron chi connectivity index (χ2n) is 5.88. The fraction of sp³-hybridized carbons (Fsp3) is 0.222. The zero-order valence-corrected chi connectivity index (χ0v) is 14.7. The van der Waals surface area contributed by atoms with E-state index in [4.69, 9.17) is 5.10 Å². The first kappa shape index (κ1) is 14.5. The van der Waals surface area contributed by atoms with Gasteiger partial charge in [-0.1, -0.05) is 12.1 Å². The predicted molar refractivity (Wildman–Crippen MR) is 96.2 cm³/mol. The summed E-state index contributed by atoms with van der Waals surface area (Å²) in [5, 5.41) is 8.40. The van der Waals surface area contributed by atoms with Crippen LogP contribution in [0.15, 0.2) is 41.1 Å². The van der Waals surface area contributed by atoms with E-state index in [1.54, 1.807) is 6.20 Å². The van der Waals surface area contributed by atoms with E-state index >= 15 is 0 Å². The van der Waals surface area contributed by atoms with Gasteiger partial charge in [-0.15, -0.1) is 0 Å². The molecule has 4 rings (SSSR count). The van der Waals surface area contributed by atoms with Crippen molar-refractivity contribution in [2.75, 3.05) is 11.9 Å². The van der Waals surface area contributed by atoms with Crippen molar-refractivity contribution in [3.8, 4) is 16.9 Å². The number of fused-ring (bicyclic) bond motifs is 1. The standard InChI is InChI=1S/C18H17BrN4/c1-11-4-3-5-16(12(11)2)23-18-15(6-7-21-18)17(22-23)13-8-14(19)10-20-9-13/h3-5,8-10,21H,6-7H2,1-2H3. The van der Waals surface area contributed by atoms with Gasteiger partial charge in [0.1, 0.15) is 5.82 Å². The number of nitrogens with zero attached hydrogens (tertiary/aromatic N) is 3. The summed E-state index contributed by atoms with van der Waals surface area (Å²) in [6.45, 7) is 5.23. The molecule has 1 aliphatic heterocycles. The second kappa shape index (κ2) is 5.49. The second-order valence-corrected chi connectivity index (χ2v) is 6.79. The first-order valence-corrected chi connectivity index (χ1v) is 8.48. The van der Waals surface area contributed by atoms with E-state index in [0.717, 1.165) is 40.2 Å². The van der Waals surface area contributed by atoms with Crippen molar-refractivity contribution in [3.05, 3.63) is 57.8 Å². The number of nitrogens with one attached hydrogen (secondary N) is 1. The third-order valence-corrected chi connectivity index (χ3v) is 4.87. The number of hydrogen-bond donors (Lipinski definition) is 1. The van der Waals surface area contributed by atoms with Gasteiger partial charge in [0.25, 0.3) is 0 Å². The molecule has 1 N–H and O–H groups in total. The van der Waals surface area contributed by atoms with Gasteiger partial charge in [0, 0.05) is 34.5 Å². The quantitative estimate of drug-likeness (QED) is 0.733. The summed E-state index contributed by atoms with van der Waals surface area (Å²) in [4.78, 5) is 4.28. The molecule has 0 atom stereocenters. The van der Waals surface area contributed by atoms with Crippen LogP contribution in [0, 0.1) is 13.8 Å². The van der Waals surface area contributed by atoms with Crippen LogP contribution < -0.4 is 5.32 Å². The highest BCUT2D eigenvalue weighted by atomic mass is 79.9. The molecule has 23 heavy (non-hydrogen) atoms. The average Bonchev–Trinajstić information content (AvgIpc) is 3.12. The van der Waals surface area contributed by atoms with Crippen LogP contribution in [0.5, 0.6) is 0 Å². The summed E-state index contributed by atoms with van der Waals surface area (Å²) in [5.74, 6) is 1.11. The predicted octanol–water partition coefficient (Wildman–Crippen LogP) is 4.28. The molecule has 0 saturated carbocycles. The number of anilines is 1. The Morgan fingerprint density at radius 1 is 1.22 bits per heavy atom. The molecular weight excluding hydrogens is 352 g/mol. The lowest BCUT2D eigenvalue weighted by atomic mass is 10.1. The number of benzene rings is 1. The van der Waals surface area contributed by atoms with Gasteiger partial charge >= 0.3 is 0 Å². The summed E-state index contributed by atoms with van der Waals surface area (Å²) in [6.07, 6.45) is 4.66. The Hall–Kier alpha value is -2.14. The largest absolute Gasteiger partial charge is 0.369 e. The lowest BCUT2D eigenvalue weighted by Crippen LogP contribution is -2.06. The fourth-order valence-electron chi connectivity index (χ4n) is 3.09. The molecule has 0 saturated heterocycles. The van der Waals surface area contributed by atoms with Crippen LogP contribution in [0.25, 0.3) is 16.9 Å². The van der Waals surface area contributed by atoms with Gasteiger partial charge in [-0.2, -0.15) is 5.10 Å². The maximum atomic E-state index is 4.91. The Balaban J connectivity index is 1.93. The third-order valence-electron chi connectivity index (χ3n) is 4.43. The average molecular weight is 369 g/mol. The summed E-state index contributed by atoms with van der Waals surface area (Å²) in [5.41, 5.74) is 6.99. The van der Waals surface area contributed by atoms with E-state index in [2.05, 4.69) is 64.3 Å². The Morgan fingerprint density at radius 2 is 2.09 bits per heavy atom. The summed E-state index contributed by atoms with van der Waals surface area (Å²) < 4.78 is 3.01. The number of hydrogen-bond acceptors (Lipinski definition) is 3. The first-order valence-electron chi connectivity index (χ1n) is 7.68. The molecule has 5 heteroatoms. The van der Waals surface area contributed by atoms with Crippen LogP contribution in [0.4, 0.5) is 5.82 Å². The molecule has 0 fully saturated rings. The molecule has 4 nitrogen and oxygen atoms in total. The normalized spacial score (nSPS) is 13.0. The van der Waals surface area contributed by atoms with Crippen LogP contribution in [-0.2, 0) is 6.42 Å². The number of pyridine rings is 1. The number of halogens is 1. The Bertz CT molecular complexity index is 898. The van der Waals surface area contributed by atoms with Gasteiger partial charge < -0.3 is 5.32 Å². The summed E-state index contributed by atoms with van der Waals surface area (Å²) >= 11 is 3.50. The van der Waals surface area contributed by atoms with Crippen molar-refractivity contribution in [1.29, 1.82) is 0 Å². The number of aromatic nitrogens is 3. The van der Waals surface area contributed by atoms with Crippen LogP contribution in [0.3, 0.4) is 0 Å². The molecule has 0 amide bonds. The smallest absolute Gasteiger partial charge is 0.133 e. The number of rotatable bonds is 2. The van der Waals surface area contributed by atoms with E-state index in [-0.39, 0.29) is 0 Å². The molecule has 0 aliphatic carbocycles. The monoisotopic (exact) mass is 368 g/mol. The van der Waals surface area contributed by atoms with Gasteiger partial charge in [-0.25, -0.2) is 4.68 Å². The lowest BCUT2D eigenvalue weighted by molar-refractivity contribution is 0.872. The minimum absolute atomic E-state index is 0.951. The fourth-order valence-corrected chi connectivity index (χ4v) is 3.45. The van der Waals surface area contributed by atoms with Crippen molar-refractivity contribution in [1.82, 2.24) is 14.8 Å². The van der Waals surface area contributed by atoms with Crippen LogP contribution in [0.1, 0.15) is 16.7 Å². The molecule has 1 aliphatic rings. The van der Waals surface area contributed by atoms with Crippen molar-refractivity contribution >= 4 is 21.7 Å². The van der Waals surface area contributed by atoms with Gasteiger partial charge in [0.05, 0.1) is 11.4 Å². The highest BCUT2D eigenvalue weighted by molar-refractivity contribution is 9.10. The molecular formula is C18H17BrN4. The van der Waals surface area contributed by atoms with Gasteiger partial charge in [0.15, 0.2) is 0 Å². The molecule has 3 heterocycles. The molecule has 0 radical (unpaired) electrons. The third kappa shape index (κ3) is 2.36. The first-order chi connectivity index (χ1) is 11.1. The Labute approximate surface area is 143 Å². The lowest BCUT2D eigenvalue weighted by Gasteiger charge is -2.11. The van der Waals surface area contributed by atoms with Crippen LogP contribution >= 0.6 is 15.9 Å². The van der Waals surface area contributed by atoms with E-state index in [0.29, 0.717) is 0 Å². The zero-order chi connectivity index (χ0) is 16.0. The Morgan fingerprint density at radius 3 is 2.91 bits per heavy atom. The Kier molecular flexibility index (Phi) is 3.45. The molecule has 0 spiro atoms. The zero-order valence-electron chi connectivity index (χ0n) is 13.1. The van der Waals surface area contributed by atoms with E-state index < -0.39 is 0 Å².